The second-order valence-electron chi connectivity index (χ2n) is 7.59. The molecule has 2 aliphatic rings. The molecule has 4 nitrogen and oxygen atoms in total. The monoisotopic (exact) mass is 376 g/mol. The van der Waals surface area contributed by atoms with Crippen LogP contribution in [-0.4, -0.2) is 22.6 Å². The number of rotatable bonds is 1. The number of benzene rings is 1. The van der Waals surface area contributed by atoms with Crippen molar-refractivity contribution < 1.29 is 9.53 Å². The molecule has 1 aromatic heterocycles. The van der Waals surface area contributed by atoms with Crippen molar-refractivity contribution in [2.45, 2.75) is 57.7 Å². The molecule has 2 atom stereocenters. The van der Waals surface area contributed by atoms with Crippen LogP contribution < -0.4 is 5.32 Å². The number of aromatic amines is 1. The van der Waals surface area contributed by atoms with Crippen molar-refractivity contribution in [2.24, 2.45) is 0 Å². The molecule has 5 heteroatoms. The Bertz CT molecular complexity index is 803. The van der Waals surface area contributed by atoms with E-state index in [9.17, 15) is 4.79 Å². The molecule has 2 aromatic rings. The van der Waals surface area contributed by atoms with Crippen LogP contribution in [0.5, 0.6) is 0 Å². The smallest absolute Gasteiger partial charge is 0.339 e. The fourth-order valence-electron chi connectivity index (χ4n) is 3.87. The number of nitrogens with one attached hydrogen (secondary N) is 2. The van der Waals surface area contributed by atoms with Crippen LogP contribution in [0.1, 0.15) is 61.3 Å². The molecular formula is C18H21BrN2O2. The number of hydrogen-bond donors (Lipinski definition) is 2. The van der Waals surface area contributed by atoms with Crippen LogP contribution in [0.15, 0.2) is 16.6 Å². The van der Waals surface area contributed by atoms with Gasteiger partial charge in [-0.1, -0.05) is 15.9 Å². The summed E-state index contributed by atoms with van der Waals surface area (Å²) >= 11 is 3.52. The molecular weight excluding hydrogens is 356 g/mol. The number of halogens is 1. The first-order valence-electron chi connectivity index (χ1n) is 8.15. The summed E-state index contributed by atoms with van der Waals surface area (Å²) in [5.74, 6) is -0.259. The fraction of sp³-hybridized carbons (Fsp3) is 0.500. The normalized spacial score (nSPS) is 23.1. The van der Waals surface area contributed by atoms with Crippen molar-refractivity contribution in [3.63, 3.8) is 0 Å². The maximum Gasteiger partial charge on any atom is 0.339 e. The van der Waals surface area contributed by atoms with Crippen molar-refractivity contribution in [1.82, 2.24) is 10.3 Å². The highest BCUT2D eigenvalue weighted by Crippen LogP contribution is 2.42. The molecule has 1 aromatic carbocycles. The van der Waals surface area contributed by atoms with Crippen molar-refractivity contribution in [1.29, 1.82) is 0 Å². The highest BCUT2D eigenvalue weighted by Gasteiger charge is 2.36. The lowest BCUT2D eigenvalue weighted by atomic mass is 9.96. The number of esters is 1. The summed E-state index contributed by atoms with van der Waals surface area (Å²) in [6, 6.07) is 4.84. The van der Waals surface area contributed by atoms with Crippen LogP contribution in [0.4, 0.5) is 0 Å². The van der Waals surface area contributed by atoms with Crippen LogP contribution in [0, 0.1) is 0 Å². The summed E-state index contributed by atoms with van der Waals surface area (Å²) < 4.78 is 6.52. The molecule has 122 valence electrons. The van der Waals surface area contributed by atoms with Crippen LogP contribution >= 0.6 is 15.9 Å². The van der Waals surface area contributed by atoms with Gasteiger partial charge in [0.1, 0.15) is 5.60 Å². The van der Waals surface area contributed by atoms with E-state index in [-0.39, 0.29) is 5.97 Å². The minimum atomic E-state index is -0.501. The Hall–Kier alpha value is -1.33. The molecule has 2 unspecified atom stereocenters. The van der Waals surface area contributed by atoms with Gasteiger partial charge in [0.05, 0.1) is 5.56 Å². The van der Waals surface area contributed by atoms with Crippen molar-refractivity contribution in [2.75, 3.05) is 0 Å². The first-order valence-corrected chi connectivity index (χ1v) is 8.94. The Morgan fingerprint density at radius 2 is 2.09 bits per heavy atom. The van der Waals surface area contributed by atoms with Gasteiger partial charge in [-0.15, -0.1) is 0 Å². The average Bonchev–Trinajstić information content (AvgIpc) is 2.97. The Morgan fingerprint density at radius 3 is 2.83 bits per heavy atom. The van der Waals surface area contributed by atoms with E-state index in [0.717, 1.165) is 28.2 Å². The number of carbonyl (C=O) groups is 1. The number of aromatic nitrogens is 1. The third-order valence-electron chi connectivity index (χ3n) is 4.64. The van der Waals surface area contributed by atoms with Crippen molar-refractivity contribution in [3.8, 4) is 0 Å². The molecule has 0 saturated carbocycles. The Kier molecular flexibility index (Phi) is 3.36. The van der Waals surface area contributed by atoms with Gasteiger partial charge in [0, 0.05) is 39.6 Å². The summed E-state index contributed by atoms with van der Waals surface area (Å²) in [5.41, 5.74) is 3.70. The lowest BCUT2D eigenvalue weighted by molar-refractivity contribution is 0.00717. The van der Waals surface area contributed by atoms with Gasteiger partial charge < -0.3 is 15.0 Å². The number of carbonyl (C=O) groups excluding carboxylic acids is 1. The van der Waals surface area contributed by atoms with E-state index >= 15 is 0 Å². The van der Waals surface area contributed by atoms with Gasteiger partial charge in [0.2, 0.25) is 0 Å². The van der Waals surface area contributed by atoms with Crippen LogP contribution in [-0.2, 0) is 11.2 Å². The SMILES string of the molecule is CC(C)(C)OC(=O)c1cc(Br)cc2[nH]c3c(c12)C1CCC(C3)N1. The molecule has 0 radical (unpaired) electrons. The lowest BCUT2D eigenvalue weighted by Crippen LogP contribution is -2.31. The third-order valence-corrected chi connectivity index (χ3v) is 5.10. The average molecular weight is 377 g/mol. The molecule has 2 bridgehead atoms. The molecule has 0 spiro atoms. The number of fused-ring (bicyclic) bond motifs is 6. The fourth-order valence-corrected chi connectivity index (χ4v) is 4.33. The zero-order chi connectivity index (χ0) is 16.4. The largest absolute Gasteiger partial charge is 0.456 e. The first kappa shape index (κ1) is 15.2. The minimum absolute atomic E-state index is 0.259. The Labute approximate surface area is 144 Å². The van der Waals surface area contributed by atoms with Crippen LogP contribution in [0.2, 0.25) is 0 Å². The number of H-pyrrole nitrogens is 1. The topological polar surface area (TPSA) is 54.1 Å². The van der Waals surface area contributed by atoms with E-state index in [2.05, 4.69) is 32.3 Å². The maximum atomic E-state index is 12.7. The summed E-state index contributed by atoms with van der Waals surface area (Å²) in [4.78, 5) is 16.3. The highest BCUT2D eigenvalue weighted by molar-refractivity contribution is 9.10. The summed E-state index contributed by atoms with van der Waals surface area (Å²) in [5, 5.41) is 4.69. The van der Waals surface area contributed by atoms with Gasteiger partial charge in [0.15, 0.2) is 0 Å². The maximum absolute atomic E-state index is 12.7. The molecule has 2 aliphatic heterocycles. The Balaban J connectivity index is 1.90. The van der Waals surface area contributed by atoms with E-state index in [0.29, 0.717) is 17.6 Å². The standard InChI is InChI=1S/C18H21BrN2O2/c1-18(2,3)23-17(22)11-6-9(19)7-13-15(11)16-12-5-4-10(20-12)8-14(16)21-13/h6-7,10,12,20-21H,4-5,8H2,1-3H3. The Morgan fingerprint density at radius 1 is 1.30 bits per heavy atom. The van der Waals surface area contributed by atoms with Gasteiger partial charge in [-0.05, 0) is 51.3 Å². The third kappa shape index (κ3) is 2.60. The molecule has 0 aliphatic carbocycles. The molecule has 1 saturated heterocycles. The van der Waals surface area contributed by atoms with E-state index in [1.807, 2.05) is 26.8 Å². The zero-order valence-electron chi connectivity index (χ0n) is 13.6. The van der Waals surface area contributed by atoms with E-state index in [4.69, 9.17) is 4.74 Å². The van der Waals surface area contributed by atoms with Gasteiger partial charge in [-0.3, -0.25) is 0 Å². The van der Waals surface area contributed by atoms with Crippen molar-refractivity contribution >= 4 is 32.8 Å². The van der Waals surface area contributed by atoms with E-state index < -0.39 is 5.60 Å². The zero-order valence-corrected chi connectivity index (χ0v) is 15.2. The predicted molar refractivity (Wildman–Crippen MR) is 93.8 cm³/mol. The summed E-state index contributed by atoms with van der Waals surface area (Å²) in [6.45, 7) is 5.70. The first-order chi connectivity index (χ1) is 10.8. The summed E-state index contributed by atoms with van der Waals surface area (Å²) in [7, 11) is 0. The quantitative estimate of drug-likeness (QED) is 0.732. The summed E-state index contributed by atoms with van der Waals surface area (Å²) in [6.07, 6.45) is 3.34. The molecule has 23 heavy (non-hydrogen) atoms. The van der Waals surface area contributed by atoms with Crippen LogP contribution in [0.3, 0.4) is 0 Å². The van der Waals surface area contributed by atoms with Crippen LogP contribution in [0.25, 0.3) is 10.9 Å². The molecule has 3 heterocycles. The molecule has 0 amide bonds. The van der Waals surface area contributed by atoms with Gasteiger partial charge in [0.25, 0.3) is 0 Å². The lowest BCUT2D eigenvalue weighted by Gasteiger charge is -2.23. The predicted octanol–water partition coefficient (Wildman–Crippen LogP) is 4.23. The van der Waals surface area contributed by atoms with Crippen molar-refractivity contribution in [3.05, 3.63) is 33.4 Å². The van der Waals surface area contributed by atoms with Gasteiger partial charge >= 0.3 is 5.97 Å². The van der Waals surface area contributed by atoms with E-state index in [1.165, 1.54) is 17.7 Å². The molecule has 2 N–H and O–H groups in total. The highest BCUT2D eigenvalue weighted by atomic mass is 79.9. The number of hydrogen-bond acceptors (Lipinski definition) is 3. The molecule has 4 rings (SSSR count). The van der Waals surface area contributed by atoms with E-state index in [1.54, 1.807) is 0 Å². The van der Waals surface area contributed by atoms with Gasteiger partial charge in [-0.2, -0.15) is 0 Å². The minimum Gasteiger partial charge on any atom is -0.456 e. The second-order valence-corrected chi connectivity index (χ2v) is 8.51. The molecule has 1 fully saturated rings. The second kappa shape index (κ2) is 5.08. The van der Waals surface area contributed by atoms with Gasteiger partial charge in [-0.25, -0.2) is 4.79 Å². The number of ether oxygens (including phenoxy) is 1.